The van der Waals surface area contributed by atoms with Gasteiger partial charge in [0, 0.05) is 30.6 Å². The van der Waals surface area contributed by atoms with Crippen LogP contribution < -0.4 is 0 Å². The summed E-state index contributed by atoms with van der Waals surface area (Å²) in [6.07, 6.45) is 0.887. The topological polar surface area (TPSA) is 3.24 Å². The molecule has 0 bridgehead atoms. The summed E-state index contributed by atoms with van der Waals surface area (Å²) in [6, 6.07) is 3.95. The Morgan fingerprint density at radius 2 is 2.00 bits per heavy atom. The van der Waals surface area contributed by atoms with E-state index in [0.29, 0.717) is 13.1 Å². The molecular weight excluding hydrogens is 220 g/mol. The van der Waals surface area contributed by atoms with Crippen molar-refractivity contribution in [3.63, 3.8) is 0 Å². The van der Waals surface area contributed by atoms with Gasteiger partial charge in [-0.3, -0.25) is 4.90 Å². The van der Waals surface area contributed by atoms with E-state index in [4.69, 9.17) is 11.6 Å². The average Bonchev–Trinajstić information content (AvgIpc) is 2.58. The van der Waals surface area contributed by atoms with Crippen LogP contribution in [-0.4, -0.2) is 23.4 Å². The minimum absolute atomic E-state index is 0.111. The lowest BCUT2D eigenvalue weighted by atomic mass is 10.2. The number of likely N-dealkylation sites (tertiary alicyclic amines) is 1. The number of halogens is 3. The van der Waals surface area contributed by atoms with Crippen LogP contribution in [0, 0.1) is 11.6 Å². The van der Waals surface area contributed by atoms with Crippen molar-refractivity contribution in [2.75, 3.05) is 13.1 Å². The maximum atomic E-state index is 13.3. The largest absolute Gasteiger partial charge is 0.297 e. The van der Waals surface area contributed by atoms with Crippen LogP contribution >= 0.6 is 11.6 Å². The zero-order valence-electron chi connectivity index (χ0n) is 8.22. The number of nitrogens with zero attached hydrogens (tertiary/aromatic N) is 1. The molecule has 1 atom stereocenters. The molecule has 1 aromatic carbocycles. The maximum Gasteiger partial charge on any atom is 0.130 e. The second-order valence-corrected chi connectivity index (χ2v) is 4.44. The number of hydrogen-bond donors (Lipinski definition) is 0. The first-order valence-corrected chi connectivity index (χ1v) is 5.40. The summed E-state index contributed by atoms with van der Waals surface area (Å²) in [5.41, 5.74) is 0.142. The summed E-state index contributed by atoms with van der Waals surface area (Å²) in [5.74, 6) is -0.957. The van der Waals surface area contributed by atoms with E-state index in [0.717, 1.165) is 13.0 Å². The Bertz CT molecular complexity index is 336. The molecule has 1 aliphatic heterocycles. The first-order chi connectivity index (χ1) is 7.16. The molecule has 0 N–H and O–H groups in total. The van der Waals surface area contributed by atoms with Gasteiger partial charge in [0.25, 0.3) is 0 Å². The van der Waals surface area contributed by atoms with Gasteiger partial charge in [-0.2, -0.15) is 0 Å². The van der Waals surface area contributed by atoms with E-state index in [1.165, 1.54) is 18.2 Å². The standard InChI is InChI=1S/C11H12ClF2N/c12-8-4-5-15(6-8)7-9-10(13)2-1-3-11(9)14/h1-3,8H,4-7H2. The lowest BCUT2D eigenvalue weighted by molar-refractivity contribution is 0.319. The van der Waals surface area contributed by atoms with E-state index in [-0.39, 0.29) is 10.9 Å². The van der Waals surface area contributed by atoms with Crippen LogP contribution in [0.3, 0.4) is 0 Å². The van der Waals surface area contributed by atoms with Crippen molar-refractivity contribution >= 4 is 11.6 Å². The Morgan fingerprint density at radius 1 is 1.33 bits per heavy atom. The Balaban J connectivity index is 2.10. The van der Waals surface area contributed by atoms with Gasteiger partial charge in [0.05, 0.1) is 0 Å². The van der Waals surface area contributed by atoms with Gasteiger partial charge in [0.15, 0.2) is 0 Å². The molecule has 0 spiro atoms. The summed E-state index contributed by atoms with van der Waals surface area (Å²) in [4.78, 5) is 1.97. The Kier molecular flexibility index (Phi) is 3.22. The quantitative estimate of drug-likeness (QED) is 0.708. The van der Waals surface area contributed by atoms with Crippen LogP contribution in [0.4, 0.5) is 8.78 Å². The van der Waals surface area contributed by atoms with E-state index in [1.54, 1.807) is 0 Å². The summed E-state index contributed by atoms with van der Waals surface area (Å²) in [5, 5.41) is 0.111. The van der Waals surface area contributed by atoms with Crippen molar-refractivity contribution in [3.05, 3.63) is 35.4 Å². The van der Waals surface area contributed by atoms with E-state index < -0.39 is 11.6 Å². The lowest BCUT2D eigenvalue weighted by Crippen LogP contribution is -2.21. The third kappa shape index (κ3) is 2.47. The van der Waals surface area contributed by atoms with Gasteiger partial charge in [-0.15, -0.1) is 11.6 Å². The fourth-order valence-electron chi connectivity index (χ4n) is 1.84. The Hall–Kier alpha value is -0.670. The van der Waals surface area contributed by atoms with Crippen LogP contribution in [0.15, 0.2) is 18.2 Å². The zero-order chi connectivity index (χ0) is 10.8. The molecule has 0 aliphatic carbocycles. The molecule has 2 rings (SSSR count). The smallest absolute Gasteiger partial charge is 0.130 e. The highest BCUT2D eigenvalue weighted by molar-refractivity contribution is 6.20. The van der Waals surface area contributed by atoms with Gasteiger partial charge in [0.2, 0.25) is 0 Å². The molecule has 1 saturated heterocycles. The molecule has 1 unspecified atom stereocenters. The van der Waals surface area contributed by atoms with Gasteiger partial charge in [-0.1, -0.05) is 6.07 Å². The van der Waals surface area contributed by atoms with Crippen LogP contribution in [0.5, 0.6) is 0 Å². The average molecular weight is 232 g/mol. The molecule has 1 heterocycles. The third-order valence-electron chi connectivity index (χ3n) is 2.66. The minimum Gasteiger partial charge on any atom is -0.297 e. The van der Waals surface area contributed by atoms with Gasteiger partial charge < -0.3 is 0 Å². The Labute approximate surface area is 92.6 Å². The van der Waals surface area contributed by atoms with Crippen molar-refractivity contribution in [1.82, 2.24) is 4.90 Å². The minimum atomic E-state index is -0.479. The van der Waals surface area contributed by atoms with Crippen molar-refractivity contribution in [1.29, 1.82) is 0 Å². The van der Waals surface area contributed by atoms with Crippen LogP contribution in [0.2, 0.25) is 0 Å². The second kappa shape index (κ2) is 4.45. The molecule has 1 aromatic rings. The predicted molar refractivity (Wildman–Crippen MR) is 55.9 cm³/mol. The maximum absolute atomic E-state index is 13.3. The molecule has 1 aliphatic rings. The molecule has 0 aromatic heterocycles. The monoisotopic (exact) mass is 231 g/mol. The molecular formula is C11H12ClF2N. The fraction of sp³-hybridized carbons (Fsp3) is 0.455. The summed E-state index contributed by atoms with van der Waals surface area (Å²) in [6.45, 7) is 1.82. The van der Waals surface area contributed by atoms with Gasteiger partial charge in [-0.25, -0.2) is 8.78 Å². The van der Waals surface area contributed by atoms with Crippen molar-refractivity contribution in [2.24, 2.45) is 0 Å². The number of benzene rings is 1. The lowest BCUT2D eigenvalue weighted by Gasteiger charge is -2.15. The first-order valence-electron chi connectivity index (χ1n) is 4.96. The molecule has 15 heavy (non-hydrogen) atoms. The molecule has 0 amide bonds. The summed E-state index contributed by atoms with van der Waals surface area (Å²) in [7, 11) is 0. The molecule has 1 nitrogen and oxygen atoms in total. The normalized spacial score (nSPS) is 22.2. The van der Waals surface area contributed by atoms with E-state index in [1.807, 2.05) is 4.90 Å². The second-order valence-electron chi connectivity index (χ2n) is 3.82. The molecule has 1 fully saturated rings. The highest BCUT2D eigenvalue weighted by atomic mass is 35.5. The zero-order valence-corrected chi connectivity index (χ0v) is 8.97. The third-order valence-corrected chi connectivity index (χ3v) is 3.01. The predicted octanol–water partition coefficient (Wildman–Crippen LogP) is 2.78. The van der Waals surface area contributed by atoms with E-state index in [9.17, 15) is 8.78 Å². The highest BCUT2D eigenvalue weighted by Gasteiger charge is 2.22. The van der Waals surface area contributed by atoms with Crippen LogP contribution in [0.25, 0.3) is 0 Å². The Morgan fingerprint density at radius 3 is 2.53 bits per heavy atom. The number of rotatable bonds is 2. The summed E-state index contributed by atoms with van der Waals surface area (Å²) < 4.78 is 26.6. The first kappa shape index (κ1) is 10.8. The number of alkyl halides is 1. The molecule has 4 heteroatoms. The van der Waals surface area contributed by atoms with E-state index >= 15 is 0 Å². The van der Waals surface area contributed by atoms with Gasteiger partial charge in [0.1, 0.15) is 11.6 Å². The fourth-order valence-corrected chi connectivity index (χ4v) is 2.13. The van der Waals surface area contributed by atoms with Crippen molar-refractivity contribution in [3.8, 4) is 0 Å². The van der Waals surface area contributed by atoms with Crippen molar-refractivity contribution < 1.29 is 8.78 Å². The molecule has 0 saturated carbocycles. The van der Waals surface area contributed by atoms with Gasteiger partial charge in [-0.05, 0) is 18.6 Å². The summed E-state index contributed by atoms with van der Waals surface area (Å²) >= 11 is 5.92. The molecule has 82 valence electrons. The van der Waals surface area contributed by atoms with Crippen LogP contribution in [-0.2, 0) is 6.54 Å². The number of hydrogen-bond acceptors (Lipinski definition) is 1. The SMILES string of the molecule is Fc1cccc(F)c1CN1CCC(Cl)C1. The molecule has 0 radical (unpaired) electrons. The van der Waals surface area contributed by atoms with Crippen molar-refractivity contribution in [2.45, 2.75) is 18.3 Å². The highest BCUT2D eigenvalue weighted by Crippen LogP contribution is 2.20. The van der Waals surface area contributed by atoms with E-state index in [2.05, 4.69) is 0 Å². The van der Waals surface area contributed by atoms with Crippen LogP contribution in [0.1, 0.15) is 12.0 Å². The van der Waals surface area contributed by atoms with Gasteiger partial charge >= 0.3 is 0 Å².